The molecular formula is C22H23F5N6O5. The number of nitrogens with one attached hydrogen (secondary N) is 1. The molecule has 4 rings (SSSR count). The van der Waals surface area contributed by atoms with Crippen LogP contribution in [0.3, 0.4) is 0 Å². The zero-order valence-corrected chi connectivity index (χ0v) is 19.9. The van der Waals surface area contributed by atoms with E-state index in [4.69, 9.17) is 14.7 Å². The Hall–Kier alpha value is -4.11. The number of pyridine rings is 1. The molecule has 0 bridgehead atoms. The normalized spacial score (nSPS) is 18.9. The number of hydrogen-bond acceptors (Lipinski definition) is 7. The first-order chi connectivity index (χ1) is 17.8. The Labute approximate surface area is 212 Å². The fourth-order valence-corrected chi connectivity index (χ4v) is 3.92. The highest BCUT2D eigenvalue weighted by atomic mass is 19.4. The van der Waals surface area contributed by atoms with E-state index in [1.54, 1.807) is 18.5 Å². The van der Waals surface area contributed by atoms with Crippen molar-refractivity contribution in [3.63, 3.8) is 0 Å². The van der Waals surface area contributed by atoms with Gasteiger partial charge < -0.3 is 20.2 Å². The summed E-state index contributed by atoms with van der Waals surface area (Å²) in [5.74, 6) is -3.63. The number of amides is 2. The monoisotopic (exact) mass is 546 g/mol. The largest absolute Gasteiger partial charge is 0.490 e. The number of piperidine rings is 1. The minimum absolute atomic E-state index is 0.122. The summed E-state index contributed by atoms with van der Waals surface area (Å²) < 4.78 is 59.5. The van der Waals surface area contributed by atoms with Crippen LogP contribution in [0.25, 0.3) is 0 Å². The molecule has 1 spiro atoms. The van der Waals surface area contributed by atoms with Crippen LogP contribution in [0.4, 0.5) is 22.0 Å². The van der Waals surface area contributed by atoms with Gasteiger partial charge in [0.25, 0.3) is 18.2 Å². The van der Waals surface area contributed by atoms with Gasteiger partial charge in [-0.2, -0.15) is 18.3 Å². The first kappa shape index (κ1) is 28.5. The van der Waals surface area contributed by atoms with Crippen LogP contribution in [0.5, 0.6) is 0 Å². The Kier molecular flexibility index (Phi) is 8.63. The number of carbonyl (C=O) groups is 3. The van der Waals surface area contributed by atoms with E-state index in [9.17, 15) is 31.5 Å². The summed E-state index contributed by atoms with van der Waals surface area (Å²) in [5, 5.41) is 17.6. The van der Waals surface area contributed by atoms with Crippen molar-refractivity contribution in [2.24, 2.45) is 12.2 Å². The number of hydrogen-bond donors (Lipinski definition) is 2. The summed E-state index contributed by atoms with van der Waals surface area (Å²) in [6.45, 7) is 0.872. The van der Waals surface area contributed by atoms with E-state index in [1.165, 1.54) is 22.8 Å². The number of oxime groups is 1. The third-order valence-corrected chi connectivity index (χ3v) is 5.64. The molecular weight excluding hydrogens is 523 g/mol. The highest BCUT2D eigenvalue weighted by molar-refractivity contribution is 6.39. The lowest BCUT2D eigenvalue weighted by Crippen LogP contribution is -2.51. The highest BCUT2D eigenvalue weighted by Gasteiger charge is 2.46. The lowest BCUT2D eigenvalue weighted by atomic mass is 9.87. The molecule has 0 aliphatic carbocycles. The summed E-state index contributed by atoms with van der Waals surface area (Å²) in [5.41, 5.74) is -0.394. The van der Waals surface area contributed by atoms with Gasteiger partial charge in [-0.1, -0.05) is 11.2 Å². The molecule has 1 saturated heterocycles. The van der Waals surface area contributed by atoms with Crippen LogP contribution in [-0.4, -0.2) is 73.1 Å². The van der Waals surface area contributed by atoms with Gasteiger partial charge in [0.1, 0.15) is 11.4 Å². The number of rotatable bonds is 5. The van der Waals surface area contributed by atoms with Gasteiger partial charge >= 0.3 is 12.1 Å². The van der Waals surface area contributed by atoms with E-state index in [0.717, 1.165) is 5.56 Å². The molecule has 2 aromatic rings. The number of carbonyl (C=O) groups excluding carboxylic acids is 2. The molecule has 2 aromatic heterocycles. The van der Waals surface area contributed by atoms with Crippen molar-refractivity contribution in [3.8, 4) is 0 Å². The second-order valence-corrected chi connectivity index (χ2v) is 8.57. The molecule has 0 radical (unpaired) electrons. The molecule has 2 aliphatic heterocycles. The number of aromatic nitrogens is 3. The van der Waals surface area contributed by atoms with Crippen molar-refractivity contribution in [2.75, 3.05) is 13.1 Å². The maximum absolute atomic E-state index is 13.3. The maximum atomic E-state index is 13.3. The predicted molar refractivity (Wildman–Crippen MR) is 119 cm³/mol. The predicted octanol–water partition coefficient (Wildman–Crippen LogP) is 2.45. The van der Waals surface area contributed by atoms with Crippen LogP contribution in [0, 0.1) is 0 Å². The van der Waals surface area contributed by atoms with Gasteiger partial charge in [-0.15, -0.1) is 0 Å². The van der Waals surface area contributed by atoms with E-state index in [2.05, 4.69) is 20.6 Å². The number of alkyl halides is 5. The van der Waals surface area contributed by atoms with Gasteiger partial charge in [0, 0.05) is 45.1 Å². The molecule has 1 atom stereocenters. The standard InChI is InChI=1S/C20H22F2N6O3.C2HF3O2/c1-27-11-14(16(25-27)17(21)22)19(30)28-7-3-5-20(12-28)8-15(26-31-20)18(29)24-10-13-4-2-6-23-9-13;3-2(4,5)1(6)7/h2,4,6,9,11,17H,3,5,7-8,10,12H2,1H3,(H,24,29);(H,6,7). The topological polar surface area (TPSA) is 139 Å². The number of carboxylic acids is 1. The molecule has 206 valence electrons. The van der Waals surface area contributed by atoms with Crippen LogP contribution in [0.2, 0.25) is 0 Å². The molecule has 2 N–H and O–H groups in total. The molecule has 0 aromatic carbocycles. The van der Waals surface area contributed by atoms with Crippen molar-refractivity contribution in [1.82, 2.24) is 25.0 Å². The third kappa shape index (κ3) is 7.01. The number of aryl methyl sites for hydroxylation is 1. The second kappa shape index (κ2) is 11.5. The summed E-state index contributed by atoms with van der Waals surface area (Å²) in [6, 6.07) is 3.63. The zero-order chi connectivity index (χ0) is 28.1. The summed E-state index contributed by atoms with van der Waals surface area (Å²) >= 11 is 0. The first-order valence-corrected chi connectivity index (χ1v) is 11.1. The minimum atomic E-state index is -5.08. The molecule has 1 fully saturated rings. The van der Waals surface area contributed by atoms with E-state index in [-0.39, 0.29) is 30.1 Å². The second-order valence-electron chi connectivity index (χ2n) is 8.57. The lowest BCUT2D eigenvalue weighted by molar-refractivity contribution is -0.192. The summed E-state index contributed by atoms with van der Waals surface area (Å²) in [7, 11) is 1.49. The molecule has 4 heterocycles. The molecule has 1 unspecified atom stereocenters. The number of likely N-dealkylation sites (tertiary alicyclic amines) is 1. The van der Waals surface area contributed by atoms with Gasteiger partial charge in [-0.3, -0.25) is 19.3 Å². The van der Waals surface area contributed by atoms with E-state index >= 15 is 0 Å². The Bertz CT molecular complexity index is 1200. The van der Waals surface area contributed by atoms with E-state index < -0.39 is 35.8 Å². The van der Waals surface area contributed by atoms with Gasteiger partial charge in [-0.05, 0) is 24.5 Å². The molecule has 0 saturated carbocycles. The molecule has 16 heteroatoms. The minimum Gasteiger partial charge on any atom is -0.475 e. The van der Waals surface area contributed by atoms with E-state index in [0.29, 0.717) is 25.9 Å². The molecule has 11 nitrogen and oxygen atoms in total. The van der Waals surface area contributed by atoms with E-state index in [1.807, 2.05) is 6.07 Å². The lowest BCUT2D eigenvalue weighted by Gasteiger charge is -2.38. The Morgan fingerprint density at radius 2 is 2.00 bits per heavy atom. The van der Waals surface area contributed by atoms with Gasteiger partial charge in [0.2, 0.25) is 0 Å². The average Bonchev–Trinajstić information content (AvgIpc) is 3.46. The molecule has 2 amide bonds. The number of halogens is 5. The van der Waals surface area contributed by atoms with Crippen LogP contribution < -0.4 is 5.32 Å². The SMILES string of the molecule is Cn1cc(C(=O)N2CCCC3(CC(C(=O)NCc4cccnc4)=NO3)C2)c(C(F)F)n1.O=C(O)C(F)(F)F. The summed E-state index contributed by atoms with van der Waals surface area (Å²) in [6.07, 6.45) is -1.87. The van der Waals surface area contributed by atoms with Crippen LogP contribution in [0.1, 0.15) is 47.3 Å². The average molecular weight is 546 g/mol. The van der Waals surface area contributed by atoms with Crippen LogP contribution in [-0.2, 0) is 28.0 Å². The van der Waals surface area contributed by atoms with Crippen molar-refractivity contribution in [2.45, 2.75) is 44.0 Å². The highest BCUT2D eigenvalue weighted by Crippen LogP contribution is 2.34. The number of nitrogens with zero attached hydrogens (tertiary/aromatic N) is 5. The van der Waals surface area contributed by atoms with Crippen LogP contribution >= 0.6 is 0 Å². The Balaban J connectivity index is 0.000000505. The maximum Gasteiger partial charge on any atom is 0.490 e. The molecule has 38 heavy (non-hydrogen) atoms. The third-order valence-electron chi connectivity index (χ3n) is 5.64. The van der Waals surface area contributed by atoms with Crippen molar-refractivity contribution < 1.29 is 46.3 Å². The Morgan fingerprint density at radius 1 is 1.29 bits per heavy atom. The number of carboxylic acid groups (broad SMARTS) is 1. The smallest absolute Gasteiger partial charge is 0.475 e. The van der Waals surface area contributed by atoms with Gasteiger partial charge in [0.15, 0.2) is 5.60 Å². The van der Waals surface area contributed by atoms with Gasteiger partial charge in [-0.25, -0.2) is 13.6 Å². The number of aliphatic carboxylic acids is 1. The van der Waals surface area contributed by atoms with Crippen molar-refractivity contribution in [3.05, 3.63) is 47.5 Å². The Morgan fingerprint density at radius 3 is 2.61 bits per heavy atom. The van der Waals surface area contributed by atoms with Crippen LogP contribution in [0.15, 0.2) is 35.9 Å². The molecule has 2 aliphatic rings. The van der Waals surface area contributed by atoms with Crippen molar-refractivity contribution >= 4 is 23.5 Å². The summed E-state index contributed by atoms with van der Waals surface area (Å²) in [4.78, 5) is 45.4. The fraction of sp³-hybridized carbons (Fsp3) is 0.455. The van der Waals surface area contributed by atoms with Gasteiger partial charge in [0.05, 0.1) is 12.1 Å². The zero-order valence-electron chi connectivity index (χ0n) is 19.9. The van der Waals surface area contributed by atoms with Crippen molar-refractivity contribution in [1.29, 1.82) is 0 Å². The quantitative estimate of drug-likeness (QED) is 0.550. The fourth-order valence-electron chi connectivity index (χ4n) is 3.92. The first-order valence-electron chi connectivity index (χ1n) is 11.1.